The van der Waals surface area contributed by atoms with Crippen molar-refractivity contribution in [3.05, 3.63) is 48.2 Å². The monoisotopic (exact) mass is 284 g/mol. The van der Waals surface area contributed by atoms with Crippen LogP contribution in [0, 0.1) is 6.92 Å². The van der Waals surface area contributed by atoms with Crippen LogP contribution in [0.25, 0.3) is 0 Å². The number of benzene rings is 1. The van der Waals surface area contributed by atoms with Crippen LogP contribution in [0.1, 0.15) is 12.5 Å². The molecule has 108 valence electrons. The fourth-order valence-electron chi connectivity index (χ4n) is 1.76. The normalized spacial score (nSPS) is 9.81. The molecule has 1 heterocycles. The second-order valence-electron chi connectivity index (χ2n) is 4.56. The smallest absolute Gasteiger partial charge is 0.324 e. The van der Waals surface area contributed by atoms with Gasteiger partial charge in [-0.2, -0.15) is 0 Å². The summed E-state index contributed by atoms with van der Waals surface area (Å²) in [5, 5.41) is 7.98. The first kappa shape index (κ1) is 14.5. The van der Waals surface area contributed by atoms with Crippen LogP contribution in [0.15, 0.2) is 42.6 Å². The van der Waals surface area contributed by atoms with Crippen molar-refractivity contribution in [2.75, 3.05) is 16.0 Å². The van der Waals surface area contributed by atoms with Crippen LogP contribution in [0.3, 0.4) is 0 Å². The van der Waals surface area contributed by atoms with Gasteiger partial charge in [0.05, 0.1) is 0 Å². The van der Waals surface area contributed by atoms with E-state index in [1.807, 2.05) is 13.0 Å². The minimum atomic E-state index is -0.395. The molecule has 0 saturated carbocycles. The molecular weight excluding hydrogens is 268 g/mol. The van der Waals surface area contributed by atoms with E-state index >= 15 is 0 Å². The number of aromatic nitrogens is 1. The molecule has 0 aliphatic carbocycles. The lowest BCUT2D eigenvalue weighted by molar-refractivity contribution is -0.114. The highest BCUT2D eigenvalue weighted by Crippen LogP contribution is 2.15. The van der Waals surface area contributed by atoms with Crippen molar-refractivity contribution in [2.24, 2.45) is 0 Å². The van der Waals surface area contributed by atoms with Gasteiger partial charge in [0.1, 0.15) is 5.82 Å². The zero-order valence-corrected chi connectivity index (χ0v) is 11.8. The molecule has 0 aliphatic heterocycles. The molecule has 1 aromatic carbocycles. The van der Waals surface area contributed by atoms with E-state index in [2.05, 4.69) is 20.9 Å². The summed E-state index contributed by atoms with van der Waals surface area (Å²) in [5.74, 6) is 0.311. The summed E-state index contributed by atoms with van der Waals surface area (Å²) in [6.45, 7) is 3.35. The van der Waals surface area contributed by atoms with Gasteiger partial charge in [0, 0.05) is 24.5 Å². The second-order valence-corrected chi connectivity index (χ2v) is 4.56. The Morgan fingerprint density at radius 1 is 1.00 bits per heavy atom. The van der Waals surface area contributed by atoms with Crippen molar-refractivity contribution in [3.8, 4) is 0 Å². The van der Waals surface area contributed by atoms with E-state index in [1.165, 1.54) is 6.92 Å². The number of carbonyl (C=O) groups is 2. The van der Waals surface area contributed by atoms with E-state index in [1.54, 1.807) is 36.5 Å². The number of amides is 3. The SMILES string of the molecule is CC(=O)Nc1cccc(NC(=O)Nc2cc(C)ccn2)c1. The summed E-state index contributed by atoms with van der Waals surface area (Å²) < 4.78 is 0. The molecule has 0 bridgehead atoms. The highest BCUT2D eigenvalue weighted by atomic mass is 16.2. The van der Waals surface area contributed by atoms with E-state index in [4.69, 9.17) is 0 Å². The molecular formula is C15H16N4O2. The van der Waals surface area contributed by atoms with E-state index < -0.39 is 6.03 Å². The fraction of sp³-hybridized carbons (Fsp3) is 0.133. The van der Waals surface area contributed by atoms with E-state index in [9.17, 15) is 9.59 Å². The molecule has 0 radical (unpaired) electrons. The molecule has 0 saturated heterocycles. The fourth-order valence-corrected chi connectivity index (χ4v) is 1.76. The number of urea groups is 1. The Hall–Kier alpha value is -2.89. The molecule has 6 heteroatoms. The first-order valence-electron chi connectivity index (χ1n) is 6.41. The molecule has 1 aromatic heterocycles. The summed E-state index contributed by atoms with van der Waals surface area (Å²) in [5.41, 5.74) is 2.20. The molecule has 0 atom stereocenters. The minimum Gasteiger partial charge on any atom is -0.326 e. The number of rotatable bonds is 3. The number of pyridine rings is 1. The van der Waals surface area contributed by atoms with Crippen LogP contribution < -0.4 is 16.0 Å². The van der Waals surface area contributed by atoms with Crippen LogP contribution in [-0.2, 0) is 4.79 Å². The molecule has 3 N–H and O–H groups in total. The summed E-state index contributed by atoms with van der Waals surface area (Å²) in [7, 11) is 0. The average Bonchev–Trinajstić information content (AvgIpc) is 2.37. The lowest BCUT2D eigenvalue weighted by Crippen LogP contribution is -2.20. The average molecular weight is 284 g/mol. The molecule has 21 heavy (non-hydrogen) atoms. The molecule has 2 aromatic rings. The van der Waals surface area contributed by atoms with Gasteiger partial charge in [-0.3, -0.25) is 10.1 Å². The highest BCUT2D eigenvalue weighted by molar-refractivity contribution is 5.99. The van der Waals surface area contributed by atoms with Gasteiger partial charge in [0.15, 0.2) is 0 Å². The number of nitrogens with zero attached hydrogens (tertiary/aromatic N) is 1. The summed E-state index contributed by atoms with van der Waals surface area (Å²) in [6.07, 6.45) is 1.63. The lowest BCUT2D eigenvalue weighted by atomic mass is 10.2. The third-order valence-electron chi connectivity index (χ3n) is 2.60. The van der Waals surface area contributed by atoms with Crippen LogP contribution in [0.4, 0.5) is 22.0 Å². The quantitative estimate of drug-likeness (QED) is 0.810. The molecule has 0 spiro atoms. The van der Waals surface area contributed by atoms with Gasteiger partial charge in [0.25, 0.3) is 0 Å². The Labute approximate surface area is 122 Å². The van der Waals surface area contributed by atoms with Crippen molar-refractivity contribution >= 4 is 29.1 Å². The molecule has 0 aliphatic rings. The van der Waals surface area contributed by atoms with Crippen molar-refractivity contribution in [2.45, 2.75) is 13.8 Å². The number of anilines is 3. The molecule has 6 nitrogen and oxygen atoms in total. The zero-order chi connectivity index (χ0) is 15.2. The van der Waals surface area contributed by atoms with Gasteiger partial charge in [-0.25, -0.2) is 9.78 Å². The largest absolute Gasteiger partial charge is 0.326 e. The molecule has 0 fully saturated rings. The maximum Gasteiger partial charge on any atom is 0.324 e. The van der Waals surface area contributed by atoms with Crippen molar-refractivity contribution in [1.29, 1.82) is 0 Å². The first-order chi connectivity index (χ1) is 10.0. The van der Waals surface area contributed by atoms with E-state index in [-0.39, 0.29) is 5.91 Å². The number of hydrogen-bond acceptors (Lipinski definition) is 3. The number of carbonyl (C=O) groups excluding carboxylic acids is 2. The highest BCUT2D eigenvalue weighted by Gasteiger charge is 2.04. The van der Waals surface area contributed by atoms with Crippen molar-refractivity contribution < 1.29 is 9.59 Å². The number of hydrogen-bond donors (Lipinski definition) is 3. The Morgan fingerprint density at radius 2 is 1.71 bits per heavy atom. The maximum atomic E-state index is 11.9. The number of nitrogens with one attached hydrogen (secondary N) is 3. The summed E-state index contributed by atoms with van der Waals surface area (Å²) in [4.78, 5) is 26.9. The Balaban J connectivity index is 2.01. The van der Waals surface area contributed by atoms with Gasteiger partial charge in [-0.15, -0.1) is 0 Å². The standard InChI is InChI=1S/C15H16N4O2/c1-10-6-7-16-14(8-10)19-15(21)18-13-5-3-4-12(9-13)17-11(2)20/h3-9H,1-2H3,(H,17,20)(H2,16,18,19,21). The second kappa shape index (κ2) is 6.51. The van der Waals surface area contributed by atoms with Crippen molar-refractivity contribution in [3.63, 3.8) is 0 Å². The van der Waals surface area contributed by atoms with Crippen molar-refractivity contribution in [1.82, 2.24) is 4.98 Å². The van der Waals surface area contributed by atoms with Crippen LogP contribution >= 0.6 is 0 Å². The van der Waals surface area contributed by atoms with Crippen LogP contribution in [-0.4, -0.2) is 16.9 Å². The minimum absolute atomic E-state index is 0.166. The van der Waals surface area contributed by atoms with E-state index in [0.717, 1.165) is 5.56 Å². The predicted molar refractivity (Wildman–Crippen MR) is 82.4 cm³/mol. The maximum absolute atomic E-state index is 11.9. The Bertz CT molecular complexity index is 670. The zero-order valence-electron chi connectivity index (χ0n) is 11.8. The Morgan fingerprint density at radius 3 is 2.38 bits per heavy atom. The summed E-state index contributed by atoms with van der Waals surface area (Å²) in [6, 6.07) is 10.1. The Kier molecular flexibility index (Phi) is 4.50. The van der Waals surface area contributed by atoms with E-state index in [0.29, 0.717) is 17.2 Å². The topological polar surface area (TPSA) is 83.1 Å². The van der Waals surface area contributed by atoms with Gasteiger partial charge < -0.3 is 10.6 Å². The van der Waals surface area contributed by atoms with Crippen LogP contribution in [0.2, 0.25) is 0 Å². The molecule has 0 unspecified atom stereocenters. The third-order valence-corrected chi connectivity index (χ3v) is 2.60. The van der Waals surface area contributed by atoms with Gasteiger partial charge in [0.2, 0.25) is 5.91 Å². The van der Waals surface area contributed by atoms with Gasteiger partial charge in [-0.05, 0) is 42.8 Å². The third kappa shape index (κ3) is 4.61. The predicted octanol–water partition coefficient (Wildman–Crippen LogP) is 2.99. The molecule has 3 amide bonds. The first-order valence-corrected chi connectivity index (χ1v) is 6.41. The van der Waals surface area contributed by atoms with Gasteiger partial charge >= 0.3 is 6.03 Å². The number of aryl methyl sites for hydroxylation is 1. The van der Waals surface area contributed by atoms with Crippen LogP contribution in [0.5, 0.6) is 0 Å². The van der Waals surface area contributed by atoms with Gasteiger partial charge in [-0.1, -0.05) is 6.07 Å². The summed E-state index contributed by atoms with van der Waals surface area (Å²) >= 11 is 0. The lowest BCUT2D eigenvalue weighted by Gasteiger charge is -2.09. The molecule has 2 rings (SSSR count).